The molecule has 0 saturated carbocycles. The molecule has 0 unspecified atom stereocenters. The van der Waals surface area contributed by atoms with Crippen molar-refractivity contribution in [1.29, 1.82) is 0 Å². The Morgan fingerprint density at radius 1 is 1.11 bits per heavy atom. The van der Waals surface area contributed by atoms with Gasteiger partial charge in [0.25, 0.3) is 5.91 Å². The predicted octanol–water partition coefficient (Wildman–Crippen LogP) is 6.11. The van der Waals surface area contributed by atoms with E-state index in [1.54, 1.807) is 29.9 Å². The molecule has 0 atom stereocenters. The number of thiazole rings is 1. The van der Waals surface area contributed by atoms with Gasteiger partial charge in [-0.15, -0.1) is 21.5 Å². The smallest absolute Gasteiger partial charge is 0.271 e. The van der Waals surface area contributed by atoms with Crippen LogP contribution in [-0.4, -0.2) is 30.6 Å². The number of nitrogens with one attached hydrogen (secondary N) is 1. The van der Waals surface area contributed by atoms with E-state index >= 15 is 0 Å². The Balaban J connectivity index is 1.33. The van der Waals surface area contributed by atoms with E-state index in [0.29, 0.717) is 34.0 Å². The Labute approximate surface area is 225 Å². The summed E-state index contributed by atoms with van der Waals surface area (Å²) in [7, 11) is 0. The van der Waals surface area contributed by atoms with Crippen molar-refractivity contribution < 1.29 is 9.18 Å². The van der Waals surface area contributed by atoms with Gasteiger partial charge in [0.05, 0.1) is 11.4 Å². The van der Waals surface area contributed by atoms with Crippen molar-refractivity contribution in [1.82, 2.24) is 30.0 Å². The zero-order valence-corrected chi connectivity index (χ0v) is 21.9. The Morgan fingerprint density at radius 3 is 2.68 bits per heavy atom. The molecule has 5 aromatic rings. The second-order valence-electron chi connectivity index (χ2n) is 8.03. The lowest BCUT2D eigenvalue weighted by molar-refractivity contribution is 0.0946. The van der Waals surface area contributed by atoms with Crippen LogP contribution in [-0.2, 0) is 12.3 Å². The second kappa shape index (κ2) is 11.2. The van der Waals surface area contributed by atoms with Gasteiger partial charge < -0.3 is 5.32 Å². The summed E-state index contributed by atoms with van der Waals surface area (Å²) in [6, 6.07) is 15.5. The Kier molecular flexibility index (Phi) is 7.59. The molecule has 0 radical (unpaired) electrons. The third-order valence-corrected chi connectivity index (χ3v) is 7.67. The highest BCUT2D eigenvalue weighted by atomic mass is 35.5. The third-order valence-electron chi connectivity index (χ3n) is 5.46. The first-order valence-electron chi connectivity index (χ1n) is 11.2. The van der Waals surface area contributed by atoms with E-state index in [1.165, 1.54) is 35.2 Å². The van der Waals surface area contributed by atoms with Gasteiger partial charge in [0.15, 0.2) is 11.0 Å². The summed E-state index contributed by atoms with van der Waals surface area (Å²) in [6.07, 6.45) is 3.43. The molecule has 0 aliphatic carbocycles. The minimum Gasteiger partial charge on any atom is -0.347 e. The number of amides is 1. The van der Waals surface area contributed by atoms with Crippen LogP contribution in [0.2, 0.25) is 5.02 Å². The number of carbonyl (C=O) groups excluding carboxylic acids is 1. The first-order valence-corrected chi connectivity index (χ1v) is 13.4. The molecule has 1 amide bonds. The van der Waals surface area contributed by atoms with Crippen LogP contribution >= 0.6 is 34.7 Å². The molecule has 186 valence electrons. The fraction of sp³-hybridized carbons (Fsp3) is 0.115. The van der Waals surface area contributed by atoms with Crippen LogP contribution in [0.1, 0.15) is 26.6 Å². The van der Waals surface area contributed by atoms with Crippen molar-refractivity contribution >= 4 is 40.6 Å². The highest BCUT2D eigenvalue weighted by Crippen LogP contribution is 2.32. The molecule has 0 spiro atoms. The fourth-order valence-electron chi connectivity index (χ4n) is 3.57. The zero-order valence-electron chi connectivity index (χ0n) is 19.6. The van der Waals surface area contributed by atoms with E-state index in [1.807, 2.05) is 41.8 Å². The number of aromatic nitrogens is 5. The monoisotopic (exact) mass is 550 g/mol. The summed E-state index contributed by atoms with van der Waals surface area (Å²) in [5.41, 5.74) is 3.93. The average molecular weight is 551 g/mol. The van der Waals surface area contributed by atoms with Gasteiger partial charge in [0.1, 0.15) is 16.5 Å². The van der Waals surface area contributed by atoms with Crippen molar-refractivity contribution in [2.24, 2.45) is 0 Å². The van der Waals surface area contributed by atoms with Gasteiger partial charge in [-0.3, -0.25) is 14.3 Å². The van der Waals surface area contributed by atoms with Crippen molar-refractivity contribution in [3.05, 3.63) is 105 Å². The quantitative estimate of drug-likeness (QED) is 0.235. The number of benzene rings is 2. The van der Waals surface area contributed by atoms with Crippen LogP contribution in [0, 0.1) is 12.7 Å². The summed E-state index contributed by atoms with van der Waals surface area (Å²) in [5, 5.41) is 15.5. The average Bonchev–Trinajstić information content (AvgIpc) is 3.56. The molecule has 5 rings (SSSR count). The number of aryl methyl sites for hydroxylation is 1. The van der Waals surface area contributed by atoms with Gasteiger partial charge in [-0.1, -0.05) is 41.6 Å². The highest BCUT2D eigenvalue weighted by Gasteiger charge is 2.19. The molecule has 3 aromatic heterocycles. The Hall–Kier alpha value is -3.60. The lowest BCUT2D eigenvalue weighted by Gasteiger charge is -2.13. The number of pyridine rings is 1. The summed E-state index contributed by atoms with van der Waals surface area (Å²) in [5.74, 6) is 0.583. The molecule has 11 heteroatoms. The van der Waals surface area contributed by atoms with Gasteiger partial charge in [-0.25, -0.2) is 9.37 Å². The minimum atomic E-state index is -0.314. The number of hydrogen-bond acceptors (Lipinski definition) is 7. The van der Waals surface area contributed by atoms with Crippen LogP contribution in [0.15, 0.2) is 77.5 Å². The van der Waals surface area contributed by atoms with E-state index in [2.05, 4.69) is 25.5 Å². The van der Waals surface area contributed by atoms with Crippen LogP contribution in [0.4, 0.5) is 4.39 Å². The molecule has 0 bridgehead atoms. The van der Waals surface area contributed by atoms with Crippen LogP contribution in [0.3, 0.4) is 0 Å². The van der Waals surface area contributed by atoms with Gasteiger partial charge in [-0.05, 0) is 54.4 Å². The first-order chi connectivity index (χ1) is 18.0. The lowest BCUT2D eigenvalue weighted by atomic mass is 10.2. The molecule has 0 saturated heterocycles. The molecular formula is C26H20ClFN6OS2. The van der Waals surface area contributed by atoms with Crippen LogP contribution in [0.25, 0.3) is 17.1 Å². The van der Waals surface area contributed by atoms with Gasteiger partial charge in [0.2, 0.25) is 0 Å². The maximum absolute atomic E-state index is 13.1. The molecule has 2 aromatic carbocycles. The van der Waals surface area contributed by atoms with Crippen LogP contribution < -0.4 is 5.32 Å². The van der Waals surface area contributed by atoms with Gasteiger partial charge in [0, 0.05) is 34.9 Å². The SMILES string of the molecule is Cc1ccc(Cl)cc1-n1c(SCc2nc(C(=O)NCc3ccc(F)cc3)cs2)nnc1-c1ccncc1. The van der Waals surface area contributed by atoms with Crippen LogP contribution in [0.5, 0.6) is 0 Å². The number of thioether (sulfide) groups is 1. The molecule has 0 fully saturated rings. The molecule has 1 N–H and O–H groups in total. The van der Waals surface area contributed by atoms with Gasteiger partial charge in [-0.2, -0.15) is 0 Å². The maximum atomic E-state index is 13.1. The van der Waals surface area contributed by atoms with Crippen molar-refractivity contribution in [2.45, 2.75) is 24.4 Å². The maximum Gasteiger partial charge on any atom is 0.271 e. The largest absolute Gasteiger partial charge is 0.347 e. The van der Waals surface area contributed by atoms with E-state index in [-0.39, 0.29) is 11.7 Å². The summed E-state index contributed by atoms with van der Waals surface area (Å²) in [6.45, 7) is 2.30. The number of nitrogens with zero attached hydrogens (tertiary/aromatic N) is 5. The molecule has 3 heterocycles. The number of carbonyl (C=O) groups is 1. The number of halogens is 2. The summed E-state index contributed by atoms with van der Waals surface area (Å²) >= 11 is 9.20. The molecular weight excluding hydrogens is 531 g/mol. The van der Waals surface area contributed by atoms with Gasteiger partial charge >= 0.3 is 0 Å². The van der Waals surface area contributed by atoms with Crippen molar-refractivity contribution in [3.63, 3.8) is 0 Å². The first kappa shape index (κ1) is 25.1. The summed E-state index contributed by atoms with van der Waals surface area (Å²) in [4.78, 5) is 21.1. The number of rotatable bonds is 8. The summed E-state index contributed by atoms with van der Waals surface area (Å²) < 4.78 is 15.1. The molecule has 0 aliphatic heterocycles. The normalized spacial score (nSPS) is 11.0. The Morgan fingerprint density at radius 2 is 1.89 bits per heavy atom. The molecule has 7 nitrogen and oxygen atoms in total. The van der Waals surface area contributed by atoms with E-state index in [4.69, 9.17) is 11.6 Å². The van der Waals surface area contributed by atoms with E-state index in [9.17, 15) is 9.18 Å². The third kappa shape index (κ3) is 5.87. The molecule has 37 heavy (non-hydrogen) atoms. The van der Waals surface area contributed by atoms with Crippen molar-refractivity contribution in [3.8, 4) is 17.1 Å². The fourth-order valence-corrected chi connectivity index (χ4v) is 5.48. The van der Waals surface area contributed by atoms with E-state index < -0.39 is 0 Å². The Bertz CT molecular complexity index is 1540. The highest BCUT2D eigenvalue weighted by molar-refractivity contribution is 7.98. The molecule has 0 aliphatic rings. The standard InChI is InChI=1S/C26H20ClFN6OS2/c1-16-2-5-19(27)12-22(16)34-24(18-8-10-29-11-9-18)32-33-26(34)37-15-23-31-21(14-36-23)25(35)30-13-17-3-6-20(28)7-4-17/h2-12,14H,13,15H2,1H3,(H,30,35). The van der Waals surface area contributed by atoms with Crippen molar-refractivity contribution in [2.75, 3.05) is 0 Å². The topological polar surface area (TPSA) is 85.6 Å². The second-order valence-corrected chi connectivity index (χ2v) is 10.4. The number of hydrogen-bond donors (Lipinski definition) is 1. The predicted molar refractivity (Wildman–Crippen MR) is 144 cm³/mol. The minimum absolute atomic E-state index is 0.283. The zero-order chi connectivity index (χ0) is 25.8. The van der Waals surface area contributed by atoms with E-state index in [0.717, 1.165) is 27.4 Å². The lowest BCUT2D eigenvalue weighted by Crippen LogP contribution is -2.23.